The largest absolute Gasteiger partial charge is 0.500 e. The Balaban J connectivity index is 1.84. The van der Waals surface area contributed by atoms with Crippen molar-refractivity contribution in [1.82, 2.24) is 0 Å². The van der Waals surface area contributed by atoms with E-state index in [1.165, 1.54) is 134 Å². The van der Waals surface area contributed by atoms with Crippen LogP contribution in [0, 0.1) is 0 Å². The van der Waals surface area contributed by atoms with Gasteiger partial charge in [-0.1, -0.05) is 152 Å². The van der Waals surface area contributed by atoms with Gasteiger partial charge in [-0.3, -0.25) is 4.39 Å². The zero-order chi connectivity index (χ0) is 28.8. The molecule has 0 radical (unpaired) electrons. The van der Waals surface area contributed by atoms with Gasteiger partial charge in [0.15, 0.2) is 0 Å². The highest BCUT2D eigenvalue weighted by Gasteiger charge is 2.38. The molecule has 234 valence electrons. The molecule has 0 saturated heterocycles. The van der Waals surface area contributed by atoms with Gasteiger partial charge in [0.1, 0.15) is 0 Å². The standard InChI is InChI=1S/C35H65FO3Si/c1-37-40(38-2,34-28-21-17-13-11-15-19-26-32-36)39-33-27-20-16-12-9-7-5-3-4-6-8-10-14-18-23-29-35-30-24-22-25-31-35/h22,24-25,30-31H,3-21,23,26-29,32-34H2,1-2H3. The summed E-state index contributed by atoms with van der Waals surface area (Å²) >= 11 is 0. The predicted octanol–water partition coefficient (Wildman–Crippen LogP) is 11.4. The fourth-order valence-corrected chi connectivity index (χ4v) is 7.67. The monoisotopic (exact) mass is 580 g/mol. The van der Waals surface area contributed by atoms with E-state index in [1.807, 2.05) is 0 Å². The van der Waals surface area contributed by atoms with E-state index < -0.39 is 8.80 Å². The predicted molar refractivity (Wildman–Crippen MR) is 173 cm³/mol. The molecular formula is C35H65FO3Si. The highest BCUT2D eigenvalue weighted by atomic mass is 28.4. The summed E-state index contributed by atoms with van der Waals surface area (Å²) in [5.41, 5.74) is 1.49. The second kappa shape index (κ2) is 28.4. The Morgan fingerprint density at radius 2 is 0.900 bits per heavy atom. The summed E-state index contributed by atoms with van der Waals surface area (Å²) in [5, 5.41) is 0. The van der Waals surface area contributed by atoms with Crippen LogP contribution >= 0.6 is 0 Å². The Labute approximate surface area is 249 Å². The molecular weight excluding hydrogens is 515 g/mol. The highest BCUT2D eigenvalue weighted by Crippen LogP contribution is 2.20. The fraction of sp³-hybridized carbons (Fsp3) is 0.829. The maximum Gasteiger partial charge on any atom is 0.500 e. The smallest absolute Gasteiger partial charge is 0.377 e. The molecule has 0 fully saturated rings. The van der Waals surface area contributed by atoms with Crippen LogP contribution in [0.3, 0.4) is 0 Å². The van der Waals surface area contributed by atoms with Gasteiger partial charge in [-0.15, -0.1) is 0 Å². The first-order valence-electron chi connectivity index (χ1n) is 17.1. The lowest BCUT2D eigenvalue weighted by Crippen LogP contribution is -2.44. The van der Waals surface area contributed by atoms with Crippen molar-refractivity contribution in [2.75, 3.05) is 27.5 Å². The van der Waals surface area contributed by atoms with Crippen LogP contribution in [-0.4, -0.2) is 36.3 Å². The Morgan fingerprint density at radius 1 is 0.500 bits per heavy atom. The van der Waals surface area contributed by atoms with Crippen LogP contribution in [0.15, 0.2) is 30.3 Å². The van der Waals surface area contributed by atoms with Crippen molar-refractivity contribution in [3.63, 3.8) is 0 Å². The first kappa shape index (κ1) is 37.3. The minimum absolute atomic E-state index is 0.169. The number of alkyl halides is 1. The van der Waals surface area contributed by atoms with Crippen LogP contribution in [0.25, 0.3) is 0 Å². The maximum atomic E-state index is 12.1. The molecule has 0 aliphatic heterocycles. The molecule has 0 aliphatic carbocycles. The highest BCUT2D eigenvalue weighted by molar-refractivity contribution is 6.60. The molecule has 0 aliphatic rings. The average Bonchev–Trinajstić information content (AvgIpc) is 2.99. The van der Waals surface area contributed by atoms with E-state index in [2.05, 4.69) is 30.3 Å². The molecule has 1 aromatic carbocycles. The minimum Gasteiger partial charge on any atom is -0.377 e. The van der Waals surface area contributed by atoms with Crippen molar-refractivity contribution in [2.24, 2.45) is 0 Å². The quantitative estimate of drug-likeness (QED) is 0.0645. The van der Waals surface area contributed by atoms with E-state index in [4.69, 9.17) is 13.3 Å². The Morgan fingerprint density at radius 3 is 1.35 bits per heavy atom. The summed E-state index contributed by atoms with van der Waals surface area (Å²) in [6, 6.07) is 11.8. The van der Waals surface area contributed by atoms with Crippen LogP contribution < -0.4 is 0 Å². The molecule has 0 amide bonds. The zero-order valence-corrected chi connectivity index (χ0v) is 27.6. The van der Waals surface area contributed by atoms with E-state index in [0.717, 1.165) is 38.3 Å². The lowest BCUT2D eigenvalue weighted by molar-refractivity contribution is 0.0955. The van der Waals surface area contributed by atoms with Gasteiger partial charge >= 0.3 is 8.80 Å². The second-order valence-electron chi connectivity index (χ2n) is 11.7. The number of aryl methyl sites for hydroxylation is 1. The van der Waals surface area contributed by atoms with Gasteiger partial charge in [0.05, 0.1) is 6.67 Å². The van der Waals surface area contributed by atoms with E-state index in [-0.39, 0.29) is 6.67 Å². The molecule has 5 heteroatoms. The van der Waals surface area contributed by atoms with Crippen LogP contribution in [0.2, 0.25) is 6.04 Å². The van der Waals surface area contributed by atoms with Gasteiger partial charge in [-0.05, 0) is 37.7 Å². The van der Waals surface area contributed by atoms with Gasteiger partial charge in [0.25, 0.3) is 0 Å². The van der Waals surface area contributed by atoms with Crippen molar-refractivity contribution in [3.05, 3.63) is 35.9 Å². The first-order chi connectivity index (χ1) is 19.8. The third-order valence-corrected chi connectivity index (χ3v) is 11.1. The lowest BCUT2D eigenvalue weighted by atomic mass is 10.0. The third kappa shape index (κ3) is 21.9. The van der Waals surface area contributed by atoms with E-state index in [1.54, 1.807) is 14.2 Å². The molecule has 0 aromatic heterocycles. The van der Waals surface area contributed by atoms with E-state index >= 15 is 0 Å². The SMILES string of the molecule is CO[Si](CCCCCCCCCCF)(OC)OCCCCCCCCCCCCCCCCCc1ccccc1. The molecule has 0 heterocycles. The molecule has 0 unspecified atom stereocenters. The number of hydrogen-bond donors (Lipinski definition) is 0. The molecule has 1 aromatic rings. The van der Waals surface area contributed by atoms with Gasteiger partial charge in [0, 0.05) is 26.9 Å². The molecule has 0 N–H and O–H groups in total. The van der Waals surface area contributed by atoms with Crippen molar-refractivity contribution in [1.29, 1.82) is 0 Å². The number of halogens is 1. The van der Waals surface area contributed by atoms with Crippen molar-refractivity contribution >= 4 is 8.80 Å². The third-order valence-electron chi connectivity index (χ3n) is 8.26. The van der Waals surface area contributed by atoms with Crippen LogP contribution in [-0.2, 0) is 19.7 Å². The molecule has 0 spiro atoms. The average molecular weight is 581 g/mol. The van der Waals surface area contributed by atoms with E-state index in [9.17, 15) is 4.39 Å². The summed E-state index contributed by atoms with van der Waals surface area (Å²) in [4.78, 5) is 0. The normalized spacial score (nSPS) is 11.9. The van der Waals surface area contributed by atoms with Crippen LogP contribution in [0.5, 0.6) is 0 Å². The van der Waals surface area contributed by atoms with Crippen molar-refractivity contribution in [2.45, 2.75) is 160 Å². The summed E-state index contributed by atoms with van der Waals surface area (Å²) in [6.45, 7) is 0.591. The molecule has 40 heavy (non-hydrogen) atoms. The molecule has 1 rings (SSSR count). The zero-order valence-electron chi connectivity index (χ0n) is 26.6. The maximum absolute atomic E-state index is 12.1. The fourth-order valence-electron chi connectivity index (χ4n) is 5.58. The van der Waals surface area contributed by atoms with Crippen molar-refractivity contribution in [3.8, 4) is 0 Å². The second-order valence-corrected chi connectivity index (χ2v) is 14.7. The summed E-state index contributed by atoms with van der Waals surface area (Å²) in [6.07, 6.45) is 30.6. The number of hydrogen-bond acceptors (Lipinski definition) is 3. The Kier molecular flexibility index (Phi) is 26.4. The number of unbranched alkanes of at least 4 members (excludes halogenated alkanes) is 21. The first-order valence-corrected chi connectivity index (χ1v) is 19.0. The van der Waals surface area contributed by atoms with Crippen LogP contribution in [0.1, 0.15) is 153 Å². The Hall–Kier alpha value is -0.753. The summed E-state index contributed by atoms with van der Waals surface area (Å²) in [7, 11) is 0.997. The van der Waals surface area contributed by atoms with Crippen molar-refractivity contribution < 1.29 is 17.7 Å². The van der Waals surface area contributed by atoms with Gasteiger partial charge < -0.3 is 13.3 Å². The van der Waals surface area contributed by atoms with Gasteiger partial charge in [-0.25, -0.2) is 0 Å². The number of rotatable bonds is 31. The van der Waals surface area contributed by atoms with E-state index in [0.29, 0.717) is 0 Å². The summed E-state index contributed by atoms with van der Waals surface area (Å²) < 4.78 is 29.8. The van der Waals surface area contributed by atoms with Crippen LogP contribution in [0.4, 0.5) is 4.39 Å². The van der Waals surface area contributed by atoms with Gasteiger partial charge in [0.2, 0.25) is 0 Å². The van der Waals surface area contributed by atoms with Gasteiger partial charge in [-0.2, -0.15) is 0 Å². The molecule has 3 nitrogen and oxygen atoms in total. The minimum atomic E-state index is -2.49. The lowest BCUT2D eigenvalue weighted by Gasteiger charge is -2.26. The number of benzene rings is 1. The summed E-state index contributed by atoms with van der Waals surface area (Å²) in [5.74, 6) is 0. The topological polar surface area (TPSA) is 27.7 Å². The molecule has 0 bridgehead atoms. The molecule has 0 atom stereocenters. The Bertz CT molecular complexity index is 626. The molecule has 0 saturated carbocycles.